The fourth-order valence-corrected chi connectivity index (χ4v) is 3.44. The van der Waals surface area contributed by atoms with Crippen molar-refractivity contribution >= 4 is 29.4 Å². The molecule has 3 N–H and O–H groups in total. The standard InChI is InChI=1S/C21H21N3O3S/c25-13-1-2-14-28-18-9-5-15(6-10-18)19-11-12-22-21(24-19)23-17-7-3-16(4-8-17)20(26)27/h3-12,25H,1-2,13-14H2,(H,26,27)(H,22,23,24). The van der Waals surface area contributed by atoms with Crippen molar-refractivity contribution in [1.29, 1.82) is 0 Å². The third-order valence-electron chi connectivity index (χ3n) is 4.01. The summed E-state index contributed by atoms with van der Waals surface area (Å²) in [4.78, 5) is 20.9. The van der Waals surface area contributed by atoms with E-state index in [4.69, 9.17) is 10.2 Å². The molecule has 2 aromatic carbocycles. The largest absolute Gasteiger partial charge is 0.478 e. The molecule has 0 amide bonds. The average molecular weight is 395 g/mol. The number of thioether (sulfide) groups is 1. The quantitative estimate of drug-likeness (QED) is 0.364. The van der Waals surface area contributed by atoms with Crippen LogP contribution in [-0.4, -0.2) is 38.5 Å². The van der Waals surface area contributed by atoms with Crippen molar-refractivity contribution in [3.05, 3.63) is 66.4 Å². The number of hydrogen-bond donors (Lipinski definition) is 3. The first-order valence-electron chi connectivity index (χ1n) is 8.93. The third kappa shape index (κ3) is 5.55. The van der Waals surface area contributed by atoms with E-state index in [1.165, 1.54) is 17.0 Å². The van der Waals surface area contributed by atoms with Gasteiger partial charge in [0.25, 0.3) is 0 Å². The highest BCUT2D eigenvalue weighted by Gasteiger charge is 2.05. The number of nitrogens with one attached hydrogen (secondary N) is 1. The molecule has 0 radical (unpaired) electrons. The molecule has 28 heavy (non-hydrogen) atoms. The van der Waals surface area contributed by atoms with Crippen molar-refractivity contribution in [2.24, 2.45) is 0 Å². The fraction of sp³-hybridized carbons (Fsp3) is 0.190. The molecule has 0 fully saturated rings. The molecular formula is C21H21N3O3S. The van der Waals surface area contributed by atoms with Gasteiger partial charge in [-0.2, -0.15) is 0 Å². The summed E-state index contributed by atoms with van der Waals surface area (Å²) in [5, 5.41) is 20.9. The lowest BCUT2D eigenvalue weighted by atomic mass is 10.1. The molecule has 1 heterocycles. The van der Waals surface area contributed by atoms with Crippen molar-refractivity contribution in [3.63, 3.8) is 0 Å². The molecule has 1 aromatic heterocycles. The van der Waals surface area contributed by atoms with E-state index in [0.717, 1.165) is 35.5 Å². The fourth-order valence-electron chi connectivity index (χ4n) is 2.53. The summed E-state index contributed by atoms with van der Waals surface area (Å²) in [5.74, 6) is 0.477. The van der Waals surface area contributed by atoms with E-state index >= 15 is 0 Å². The van der Waals surface area contributed by atoms with E-state index in [2.05, 4.69) is 27.4 Å². The van der Waals surface area contributed by atoms with Gasteiger partial charge in [0.2, 0.25) is 5.95 Å². The Morgan fingerprint density at radius 1 is 1.00 bits per heavy atom. The maximum atomic E-state index is 10.9. The highest BCUT2D eigenvalue weighted by molar-refractivity contribution is 7.99. The SMILES string of the molecule is O=C(O)c1ccc(Nc2nccc(-c3ccc(SCCCCO)cc3)n2)cc1. The number of aliphatic hydroxyl groups is 1. The van der Waals surface area contributed by atoms with Crippen LogP contribution in [-0.2, 0) is 0 Å². The third-order valence-corrected chi connectivity index (χ3v) is 5.11. The van der Waals surface area contributed by atoms with Gasteiger partial charge in [-0.3, -0.25) is 0 Å². The lowest BCUT2D eigenvalue weighted by molar-refractivity contribution is 0.0697. The highest BCUT2D eigenvalue weighted by atomic mass is 32.2. The molecule has 0 saturated heterocycles. The second kappa shape index (κ2) is 9.87. The van der Waals surface area contributed by atoms with Crippen LogP contribution in [0.4, 0.5) is 11.6 Å². The Morgan fingerprint density at radius 3 is 2.43 bits per heavy atom. The van der Waals surface area contributed by atoms with Gasteiger partial charge in [-0.05, 0) is 61.1 Å². The van der Waals surface area contributed by atoms with Crippen LogP contribution < -0.4 is 5.32 Å². The number of rotatable bonds is 9. The summed E-state index contributed by atoms with van der Waals surface area (Å²) in [7, 11) is 0. The summed E-state index contributed by atoms with van der Waals surface area (Å²) in [6.45, 7) is 0.243. The number of aromatic carboxylic acids is 1. The molecule has 0 unspecified atom stereocenters. The second-order valence-corrected chi connectivity index (χ2v) is 7.24. The van der Waals surface area contributed by atoms with Gasteiger partial charge in [0.15, 0.2) is 0 Å². The number of carboxylic acids is 1. The molecule has 6 nitrogen and oxygen atoms in total. The molecule has 144 valence electrons. The molecule has 0 aliphatic rings. The van der Waals surface area contributed by atoms with Crippen LogP contribution in [0.15, 0.2) is 65.7 Å². The topological polar surface area (TPSA) is 95.3 Å². The number of anilines is 2. The van der Waals surface area contributed by atoms with E-state index in [1.54, 1.807) is 30.1 Å². The molecule has 0 spiro atoms. The van der Waals surface area contributed by atoms with Crippen LogP contribution in [0.3, 0.4) is 0 Å². The first kappa shape index (κ1) is 19.9. The minimum absolute atomic E-state index is 0.231. The van der Waals surface area contributed by atoms with Gasteiger partial charge in [0.1, 0.15) is 0 Å². The number of aromatic nitrogens is 2. The molecule has 0 bridgehead atoms. The number of carboxylic acid groups (broad SMARTS) is 1. The maximum Gasteiger partial charge on any atom is 0.335 e. The molecule has 3 rings (SSSR count). The molecular weight excluding hydrogens is 374 g/mol. The van der Waals surface area contributed by atoms with Gasteiger partial charge in [0.05, 0.1) is 11.3 Å². The Hall–Kier alpha value is -2.90. The van der Waals surface area contributed by atoms with Gasteiger partial charge in [-0.15, -0.1) is 11.8 Å². The van der Waals surface area contributed by atoms with Crippen LogP contribution >= 0.6 is 11.8 Å². The Labute approximate surface area is 167 Å². The normalized spacial score (nSPS) is 10.6. The summed E-state index contributed by atoms with van der Waals surface area (Å²) >= 11 is 1.77. The smallest absolute Gasteiger partial charge is 0.335 e. The minimum Gasteiger partial charge on any atom is -0.478 e. The summed E-state index contributed by atoms with van der Waals surface area (Å²) in [6.07, 6.45) is 3.52. The van der Waals surface area contributed by atoms with E-state index in [1.807, 2.05) is 18.2 Å². The number of carbonyl (C=O) groups is 1. The number of hydrogen-bond acceptors (Lipinski definition) is 6. The van der Waals surface area contributed by atoms with Crippen molar-refractivity contribution in [1.82, 2.24) is 9.97 Å². The molecule has 3 aromatic rings. The average Bonchev–Trinajstić information content (AvgIpc) is 2.72. The summed E-state index contributed by atoms with van der Waals surface area (Å²) in [5.41, 5.74) is 2.74. The summed E-state index contributed by atoms with van der Waals surface area (Å²) in [6, 6.07) is 16.5. The van der Waals surface area contributed by atoms with E-state index in [0.29, 0.717) is 5.95 Å². The molecule has 0 atom stereocenters. The van der Waals surface area contributed by atoms with Crippen LogP contribution in [0.1, 0.15) is 23.2 Å². The van der Waals surface area contributed by atoms with E-state index in [9.17, 15) is 4.79 Å². The second-order valence-electron chi connectivity index (χ2n) is 6.08. The van der Waals surface area contributed by atoms with Gasteiger partial charge in [-0.25, -0.2) is 14.8 Å². The number of aliphatic hydroxyl groups excluding tert-OH is 1. The van der Waals surface area contributed by atoms with Crippen molar-refractivity contribution in [2.45, 2.75) is 17.7 Å². The molecule has 0 saturated carbocycles. The lowest BCUT2D eigenvalue weighted by Gasteiger charge is -2.08. The molecule has 0 aliphatic heterocycles. The Bertz CT molecular complexity index is 915. The van der Waals surface area contributed by atoms with Crippen molar-refractivity contribution in [2.75, 3.05) is 17.7 Å². The highest BCUT2D eigenvalue weighted by Crippen LogP contribution is 2.24. The zero-order valence-corrected chi connectivity index (χ0v) is 16.0. The van der Waals surface area contributed by atoms with Gasteiger partial charge in [0, 0.05) is 29.0 Å². The van der Waals surface area contributed by atoms with Gasteiger partial charge >= 0.3 is 5.97 Å². The predicted molar refractivity (Wildman–Crippen MR) is 111 cm³/mol. The van der Waals surface area contributed by atoms with Crippen molar-refractivity contribution in [3.8, 4) is 11.3 Å². The van der Waals surface area contributed by atoms with Crippen LogP contribution in [0.25, 0.3) is 11.3 Å². The Morgan fingerprint density at radius 2 is 1.75 bits per heavy atom. The van der Waals surface area contributed by atoms with Crippen molar-refractivity contribution < 1.29 is 15.0 Å². The number of benzene rings is 2. The first-order valence-corrected chi connectivity index (χ1v) is 9.92. The maximum absolute atomic E-state index is 10.9. The van der Waals surface area contributed by atoms with Crippen LogP contribution in [0.5, 0.6) is 0 Å². The Balaban J connectivity index is 1.66. The predicted octanol–water partition coefficient (Wildman–Crippen LogP) is 4.45. The molecule has 7 heteroatoms. The van der Waals surface area contributed by atoms with Gasteiger partial charge in [-0.1, -0.05) is 12.1 Å². The molecule has 0 aliphatic carbocycles. The van der Waals surface area contributed by atoms with Crippen LogP contribution in [0, 0.1) is 0 Å². The number of nitrogens with zero attached hydrogens (tertiary/aromatic N) is 2. The van der Waals surface area contributed by atoms with E-state index < -0.39 is 5.97 Å². The monoisotopic (exact) mass is 395 g/mol. The first-order chi connectivity index (χ1) is 13.7. The lowest BCUT2D eigenvalue weighted by Crippen LogP contribution is -1.99. The minimum atomic E-state index is -0.959. The zero-order valence-electron chi connectivity index (χ0n) is 15.2. The number of unbranched alkanes of at least 4 members (excludes halogenated alkanes) is 1. The van der Waals surface area contributed by atoms with Crippen LogP contribution in [0.2, 0.25) is 0 Å². The Kier molecular flexibility index (Phi) is 7.00. The summed E-state index contributed by atoms with van der Waals surface area (Å²) < 4.78 is 0. The zero-order chi connectivity index (χ0) is 19.8. The van der Waals surface area contributed by atoms with Gasteiger partial charge < -0.3 is 15.5 Å². The van der Waals surface area contributed by atoms with E-state index in [-0.39, 0.29) is 12.2 Å².